The van der Waals surface area contributed by atoms with Gasteiger partial charge in [-0.05, 0) is 19.3 Å². The molecule has 2 aliphatic rings. The summed E-state index contributed by atoms with van der Waals surface area (Å²) in [6, 6.07) is -0.479. The summed E-state index contributed by atoms with van der Waals surface area (Å²) in [5.74, 6) is -0.309. The molecule has 0 aromatic heterocycles. The van der Waals surface area contributed by atoms with E-state index in [1.54, 1.807) is 9.80 Å². The Bertz CT molecular complexity index is 315. The van der Waals surface area contributed by atoms with E-state index in [9.17, 15) is 9.59 Å². The molecule has 2 rings (SSSR count). The predicted molar refractivity (Wildman–Crippen MR) is 64.1 cm³/mol. The van der Waals surface area contributed by atoms with Crippen molar-refractivity contribution in [3.05, 3.63) is 0 Å². The van der Waals surface area contributed by atoms with E-state index >= 15 is 0 Å². The number of carbonyl (C=O) groups excluding carboxylic acids is 2. The van der Waals surface area contributed by atoms with Gasteiger partial charge in [0.1, 0.15) is 6.04 Å². The summed E-state index contributed by atoms with van der Waals surface area (Å²) in [5, 5.41) is 0. The van der Waals surface area contributed by atoms with E-state index in [-0.39, 0.29) is 12.0 Å². The van der Waals surface area contributed by atoms with E-state index < -0.39 is 6.04 Å². The molecule has 2 saturated heterocycles. The molecule has 1 atom stereocenters. The van der Waals surface area contributed by atoms with E-state index in [2.05, 4.69) is 0 Å². The second kappa shape index (κ2) is 6.04. The number of amides is 2. The van der Waals surface area contributed by atoms with Crippen LogP contribution in [0.15, 0.2) is 0 Å². The maximum absolute atomic E-state index is 12.4. The Balaban J connectivity index is 2.03. The van der Waals surface area contributed by atoms with E-state index in [4.69, 9.17) is 9.47 Å². The van der Waals surface area contributed by atoms with Gasteiger partial charge in [-0.25, -0.2) is 9.59 Å². The van der Waals surface area contributed by atoms with Crippen LogP contribution >= 0.6 is 0 Å². The molecule has 102 valence electrons. The average molecular weight is 256 g/mol. The monoisotopic (exact) mass is 256 g/mol. The Kier molecular flexibility index (Phi) is 4.41. The number of ether oxygens (including phenoxy) is 2. The van der Waals surface area contributed by atoms with Crippen LogP contribution in [0, 0.1) is 0 Å². The number of piperidine rings is 1. The molecule has 18 heavy (non-hydrogen) atoms. The number of likely N-dealkylation sites (tertiary alicyclic amines) is 1. The first-order chi connectivity index (χ1) is 8.74. The number of nitrogens with zero attached hydrogens (tertiary/aromatic N) is 2. The predicted octanol–water partition coefficient (Wildman–Crippen LogP) is 0.466. The zero-order valence-corrected chi connectivity index (χ0v) is 10.8. The minimum absolute atomic E-state index is 0.0617. The quantitative estimate of drug-likeness (QED) is 0.640. The van der Waals surface area contributed by atoms with Gasteiger partial charge in [-0.2, -0.15) is 0 Å². The third kappa shape index (κ3) is 2.75. The molecular weight excluding hydrogens is 236 g/mol. The van der Waals surface area contributed by atoms with Crippen molar-refractivity contribution in [2.75, 3.05) is 40.0 Å². The van der Waals surface area contributed by atoms with Crippen molar-refractivity contribution in [1.82, 2.24) is 9.80 Å². The summed E-state index contributed by atoms with van der Waals surface area (Å²) in [6.07, 6.45) is 2.61. The molecule has 0 bridgehead atoms. The van der Waals surface area contributed by atoms with Crippen molar-refractivity contribution in [3.8, 4) is 0 Å². The first-order valence-corrected chi connectivity index (χ1v) is 6.45. The fraction of sp³-hybridized carbons (Fsp3) is 0.833. The summed E-state index contributed by atoms with van der Waals surface area (Å²) in [5.41, 5.74) is 0. The number of hydrogen-bond acceptors (Lipinski definition) is 4. The molecule has 0 aliphatic carbocycles. The van der Waals surface area contributed by atoms with Crippen molar-refractivity contribution in [1.29, 1.82) is 0 Å². The average Bonchev–Trinajstić information content (AvgIpc) is 2.46. The van der Waals surface area contributed by atoms with Crippen molar-refractivity contribution < 1.29 is 19.1 Å². The van der Waals surface area contributed by atoms with Crippen LogP contribution in [-0.4, -0.2) is 67.8 Å². The highest BCUT2D eigenvalue weighted by Gasteiger charge is 2.35. The molecule has 2 aliphatic heterocycles. The van der Waals surface area contributed by atoms with Crippen LogP contribution in [0.3, 0.4) is 0 Å². The first kappa shape index (κ1) is 13.1. The molecule has 0 aromatic carbocycles. The summed E-state index contributed by atoms with van der Waals surface area (Å²) in [6.45, 7) is 2.98. The van der Waals surface area contributed by atoms with Crippen LogP contribution in [0.25, 0.3) is 0 Å². The Morgan fingerprint density at radius 1 is 1.17 bits per heavy atom. The minimum Gasteiger partial charge on any atom is -0.467 e. The van der Waals surface area contributed by atoms with Gasteiger partial charge in [-0.3, -0.25) is 0 Å². The number of hydrogen-bond donors (Lipinski definition) is 0. The maximum atomic E-state index is 12.4. The van der Waals surface area contributed by atoms with Crippen molar-refractivity contribution in [2.45, 2.75) is 25.3 Å². The lowest BCUT2D eigenvalue weighted by Crippen LogP contribution is -2.55. The SMILES string of the molecule is COC(=O)[C@H]1CCCCN1C(=O)N1CCOCC1. The van der Waals surface area contributed by atoms with Crippen LogP contribution in [0.5, 0.6) is 0 Å². The third-order valence-corrected chi connectivity index (χ3v) is 3.50. The number of carbonyl (C=O) groups is 2. The standard InChI is InChI=1S/C12H20N2O4/c1-17-11(15)10-4-2-3-5-14(10)12(16)13-6-8-18-9-7-13/h10H,2-9H2,1H3/t10-/m1/s1. The van der Waals surface area contributed by atoms with E-state index in [1.807, 2.05) is 0 Å². The van der Waals surface area contributed by atoms with Gasteiger partial charge in [-0.15, -0.1) is 0 Å². The van der Waals surface area contributed by atoms with E-state index in [0.29, 0.717) is 39.3 Å². The van der Waals surface area contributed by atoms with E-state index in [1.165, 1.54) is 7.11 Å². The molecule has 6 nitrogen and oxygen atoms in total. The summed E-state index contributed by atoms with van der Waals surface area (Å²) < 4.78 is 10.0. The molecule has 0 unspecified atom stereocenters. The van der Waals surface area contributed by atoms with Gasteiger partial charge in [0, 0.05) is 19.6 Å². The lowest BCUT2D eigenvalue weighted by atomic mass is 10.0. The van der Waals surface area contributed by atoms with Crippen molar-refractivity contribution in [2.24, 2.45) is 0 Å². The molecule has 2 heterocycles. The minimum atomic E-state index is -0.418. The smallest absolute Gasteiger partial charge is 0.328 e. The Labute approximate surface area is 107 Å². The Morgan fingerprint density at radius 3 is 2.56 bits per heavy atom. The second-order valence-electron chi connectivity index (χ2n) is 4.61. The third-order valence-electron chi connectivity index (χ3n) is 3.50. The Hall–Kier alpha value is -1.30. The van der Waals surface area contributed by atoms with Gasteiger partial charge < -0.3 is 19.3 Å². The van der Waals surface area contributed by atoms with Gasteiger partial charge in [0.25, 0.3) is 0 Å². The summed E-state index contributed by atoms with van der Waals surface area (Å²) in [7, 11) is 1.37. The fourth-order valence-electron chi connectivity index (χ4n) is 2.48. The molecule has 0 N–H and O–H groups in total. The van der Waals surface area contributed by atoms with Crippen LogP contribution < -0.4 is 0 Å². The highest BCUT2D eigenvalue weighted by atomic mass is 16.5. The van der Waals surface area contributed by atoms with Gasteiger partial charge >= 0.3 is 12.0 Å². The van der Waals surface area contributed by atoms with Gasteiger partial charge in [0.2, 0.25) is 0 Å². The number of rotatable bonds is 1. The number of urea groups is 1. The summed E-state index contributed by atoms with van der Waals surface area (Å²) in [4.78, 5) is 27.5. The highest BCUT2D eigenvalue weighted by Crippen LogP contribution is 2.20. The molecule has 0 saturated carbocycles. The molecule has 0 radical (unpaired) electrons. The van der Waals surface area contributed by atoms with Crippen LogP contribution in [0.2, 0.25) is 0 Å². The first-order valence-electron chi connectivity index (χ1n) is 6.45. The molecule has 6 heteroatoms. The van der Waals surface area contributed by atoms with E-state index in [0.717, 1.165) is 12.8 Å². The fourth-order valence-corrected chi connectivity index (χ4v) is 2.48. The van der Waals surface area contributed by atoms with Crippen molar-refractivity contribution >= 4 is 12.0 Å². The molecule has 0 spiro atoms. The topological polar surface area (TPSA) is 59.1 Å². The normalized spacial score (nSPS) is 24.8. The van der Waals surface area contributed by atoms with Crippen molar-refractivity contribution in [3.63, 3.8) is 0 Å². The summed E-state index contributed by atoms with van der Waals surface area (Å²) >= 11 is 0. The van der Waals surface area contributed by atoms with Gasteiger partial charge in [-0.1, -0.05) is 0 Å². The number of esters is 1. The lowest BCUT2D eigenvalue weighted by molar-refractivity contribution is -0.147. The number of methoxy groups -OCH3 is 1. The second-order valence-corrected chi connectivity index (χ2v) is 4.61. The molecule has 0 aromatic rings. The Morgan fingerprint density at radius 2 is 1.89 bits per heavy atom. The van der Waals surface area contributed by atoms with Crippen LogP contribution in [0.1, 0.15) is 19.3 Å². The number of morpholine rings is 1. The highest BCUT2D eigenvalue weighted by molar-refractivity contribution is 5.84. The zero-order valence-electron chi connectivity index (χ0n) is 10.8. The largest absolute Gasteiger partial charge is 0.467 e. The molecule has 2 amide bonds. The van der Waals surface area contributed by atoms with Gasteiger partial charge in [0.15, 0.2) is 0 Å². The lowest BCUT2D eigenvalue weighted by Gasteiger charge is -2.38. The maximum Gasteiger partial charge on any atom is 0.328 e. The molecular formula is C12H20N2O4. The van der Waals surface area contributed by atoms with Crippen LogP contribution in [-0.2, 0) is 14.3 Å². The molecule has 2 fully saturated rings. The zero-order chi connectivity index (χ0) is 13.0. The van der Waals surface area contributed by atoms with Crippen LogP contribution in [0.4, 0.5) is 4.79 Å². The van der Waals surface area contributed by atoms with Gasteiger partial charge in [0.05, 0.1) is 20.3 Å².